The van der Waals surface area contributed by atoms with E-state index < -0.39 is 6.36 Å². The molecule has 0 unspecified atom stereocenters. The second-order valence-electron chi connectivity index (χ2n) is 3.80. The van der Waals surface area contributed by atoms with Gasteiger partial charge in [-0.2, -0.15) is 0 Å². The highest BCUT2D eigenvalue weighted by Crippen LogP contribution is 2.33. The highest BCUT2D eigenvalue weighted by molar-refractivity contribution is 9.11. The number of hydrogen-bond acceptors (Lipinski definition) is 3. The number of halogens is 5. The molecule has 1 heterocycles. The number of rotatable bonds is 4. The average molecular weight is 431 g/mol. The molecule has 1 N–H and O–H groups in total. The molecule has 0 aliphatic carbocycles. The predicted molar refractivity (Wildman–Crippen MR) is 80.2 cm³/mol. The summed E-state index contributed by atoms with van der Waals surface area (Å²) in [6, 6.07) is 6.36. The van der Waals surface area contributed by atoms with Crippen molar-refractivity contribution in [2.24, 2.45) is 0 Å². The van der Waals surface area contributed by atoms with Crippen molar-refractivity contribution in [3.05, 3.63) is 43.5 Å². The zero-order valence-electron chi connectivity index (χ0n) is 9.80. The molecule has 0 spiro atoms. The lowest BCUT2D eigenvalue weighted by molar-refractivity contribution is -0.274. The largest absolute Gasteiger partial charge is 0.573 e. The second-order valence-corrected chi connectivity index (χ2v) is 7.01. The van der Waals surface area contributed by atoms with Crippen molar-refractivity contribution in [2.75, 3.05) is 5.32 Å². The molecule has 108 valence electrons. The molecule has 1 aromatic carbocycles. The van der Waals surface area contributed by atoms with Crippen molar-refractivity contribution in [2.45, 2.75) is 12.9 Å². The van der Waals surface area contributed by atoms with Gasteiger partial charge in [0, 0.05) is 11.0 Å². The van der Waals surface area contributed by atoms with Gasteiger partial charge in [0.2, 0.25) is 0 Å². The summed E-state index contributed by atoms with van der Waals surface area (Å²) in [6.45, 7) is 0.415. The van der Waals surface area contributed by atoms with Gasteiger partial charge in [-0.05, 0) is 51.1 Å². The molecular weight excluding hydrogens is 423 g/mol. The van der Waals surface area contributed by atoms with E-state index in [1.54, 1.807) is 6.07 Å². The zero-order chi connectivity index (χ0) is 14.8. The van der Waals surface area contributed by atoms with Crippen molar-refractivity contribution >= 4 is 48.9 Å². The summed E-state index contributed by atoms with van der Waals surface area (Å²) in [5.41, 5.74) is 1.26. The third kappa shape index (κ3) is 4.68. The summed E-state index contributed by atoms with van der Waals surface area (Å²) in [7, 11) is 0. The van der Waals surface area contributed by atoms with Gasteiger partial charge < -0.3 is 10.1 Å². The van der Waals surface area contributed by atoms with Crippen LogP contribution in [0.15, 0.2) is 37.9 Å². The van der Waals surface area contributed by atoms with E-state index in [9.17, 15) is 13.2 Å². The number of anilines is 1. The number of benzene rings is 1. The Morgan fingerprint density at radius 3 is 2.55 bits per heavy atom. The van der Waals surface area contributed by atoms with Crippen molar-refractivity contribution in [3.63, 3.8) is 0 Å². The van der Waals surface area contributed by atoms with E-state index in [2.05, 4.69) is 41.9 Å². The number of nitrogens with one attached hydrogen (secondary N) is 1. The molecule has 0 saturated heterocycles. The van der Waals surface area contributed by atoms with Crippen LogP contribution in [0.5, 0.6) is 5.75 Å². The van der Waals surface area contributed by atoms with Crippen LogP contribution in [-0.2, 0) is 6.54 Å². The van der Waals surface area contributed by atoms with E-state index in [4.69, 9.17) is 0 Å². The Morgan fingerprint density at radius 1 is 1.20 bits per heavy atom. The van der Waals surface area contributed by atoms with Gasteiger partial charge in [-0.1, -0.05) is 15.9 Å². The lowest BCUT2D eigenvalue weighted by atomic mass is 10.2. The van der Waals surface area contributed by atoms with E-state index in [-0.39, 0.29) is 11.4 Å². The molecule has 8 heteroatoms. The fourth-order valence-electron chi connectivity index (χ4n) is 1.49. The van der Waals surface area contributed by atoms with Crippen molar-refractivity contribution < 1.29 is 17.9 Å². The summed E-state index contributed by atoms with van der Waals surface area (Å²) in [4.78, 5) is 0. The van der Waals surface area contributed by atoms with Crippen LogP contribution < -0.4 is 10.1 Å². The van der Waals surface area contributed by atoms with Gasteiger partial charge >= 0.3 is 6.36 Å². The highest BCUT2D eigenvalue weighted by Gasteiger charge is 2.32. The molecule has 0 saturated carbocycles. The van der Waals surface area contributed by atoms with E-state index in [1.807, 2.05) is 11.4 Å². The fraction of sp³-hybridized carbons (Fsp3) is 0.167. The molecule has 0 atom stereocenters. The minimum absolute atomic E-state index is 0.263. The van der Waals surface area contributed by atoms with Gasteiger partial charge in [-0.3, -0.25) is 0 Å². The topological polar surface area (TPSA) is 21.3 Å². The minimum Gasteiger partial charge on any atom is -0.404 e. The fourth-order valence-corrected chi connectivity index (χ4v) is 3.04. The van der Waals surface area contributed by atoms with E-state index >= 15 is 0 Å². The van der Waals surface area contributed by atoms with Crippen LogP contribution >= 0.6 is 43.2 Å². The first-order valence-corrected chi connectivity index (χ1v) is 7.82. The number of ether oxygens (including phenoxy) is 1. The summed E-state index contributed by atoms with van der Waals surface area (Å²) in [5.74, 6) is -0.263. The first kappa shape index (κ1) is 15.7. The van der Waals surface area contributed by atoms with Crippen LogP contribution in [0, 0.1) is 0 Å². The molecule has 0 amide bonds. The molecule has 0 bridgehead atoms. The molecule has 1 aromatic heterocycles. The lowest BCUT2D eigenvalue weighted by Gasteiger charge is -2.14. The molecule has 0 aliphatic rings. The van der Waals surface area contributed by atoms with Crippen LogP contribution in [0.25, 0.3) is 0 Å². The molecule has 2 rings (SSSR count). The van der Waals surface area contributed by atoms with Crippen molar-refractivity contribution in [1.82, 2.24) is 0 Å². The maximum Gasteiger partial charge on any atom is 0.573 e. The van der Waals surface area contributed by atoms with E-state index in [0.29, 0.717) is 11.0 Å². The number of alkyl halides is 3. The monoisotopic (exact) mass is 429 g/mol. The number of thiophene rings is 1. The Balaban J connectivity index is 2.14. The third-order valence-electron chi connectivity index (χ3n) is 2.27. The van der Waals surface area contributed by atoms with Gasteiger partial charge in [0.1, 0.15) is 0 Å². The highest BCUT2D eigenvalue weighted by atomic mass is 79.9. The second kappa shape index (κ2) is 6.36. The first-order chi connectivity index (χ1) is 9.33. The molecular formula is C12H8Br2F3NOS. The molecule has 0 aliphatic heterocycles. The summed E-state index contributed by atoms with van der Waals surface area (Å²) < 4.78 is 42.5. The Morgan fingerprint density at radius 2 is 1.95 bits per heavy atom. The zero-order valence-corrected chi connectivity index (χ0v) is 13.8. The Labute approximate surface area is 134 Å². The summed E-state index contributed by atoms with van der Waals surface area (Å²) >= 11 is 7.97. The predicted octanol–water partition coefficient (Wildman–Crippen LogP) is 5.78. The lowest BCUT2D eigenvalue weighted by Crippen LogP contribution is -2.18. The standard InChI is InChI=1S/C12H8Br2F3NOS/c13-8-1-2-9(10(4-8)19-12(15,16)17)18-5-7-3-11(14)20-6-7/h1-4,6,18H,5H2. The maximum absolute atomic E-state index is 12.3. The van der Waals surface area contributed by atoms with Crippen molar-refractivity contribution in [1.29, 1.82) is 0 Å². The summed E-state index contributed by atoms with van der Waals surface area (Å²) in [5, 5.41) is 4.85. The van der Waals surface area contributed by atoms with Crippen molar-refractivity contribution in [3.8, 4) is 5.75 Å². The van der Waals surface area contributed by atoms with Crippen LogP contribution in [0.4, 0.5) is 18.9 Å². The maximum atomic E-state index is 12.3. The van der Waals surface area contributed by atoms with E-state index in [0.717, 1.165) is 9.35 Å². The Bertz CT molecular complexity index is 601. The first-order valence-electron chi connectivity index (χ1n) is 5.35. The Kier molecular flexibility index (Phi) is 4.98. The third-order valence-corrected chi connectivity index (χ3v) is 4.32. The molecule has 0 fully saturated rings. The average Bonchev–Trinajstić information content (AvgIpc) is 2.72. The summed E-state index contributed by atoms with van der Waals surface area (Å²) in [6.07, 6.45) is -4.72. The van der Waals surface area contributed by atoms with Crippen LogP contribution in [0.2, 0.25) is 0 Å². The van der Waals surface area contributed by atoms with Gasteiger partial charge in [0.05, 0.1) is 9.47 Å². The van der Waals surface area contributed by atoms with Gasteiger partial charge in [0.25, 0.3) is 0 Å². The minimum atomic E-state index is -4.72. The molecule has 0 radical (unpaired) electrons. The normalized spacial score (nSPS) is 11.4. The molecule has 2 aromatic rings. The molecule has 2 nitrogen and oxygen atoms in total. The SMILES string of the molecule is FC(F)(F)Oc1cc(Br)ccc1NCc1csc(Br)c1. The Hall–Kier alpha value is -0.730. The van der Waals surface area contributed by atoms with E-state index in [1.165, 1.54) is 23.5 Å². The number of hydrogen-bond donors (Lipinski definition) is 1. The van der Waals surface area contributed by atoms with Crippen LogP contribution in [0.1, 0.15) is 5.56 Å². The van der Waals surface area contributed by atoms with Crippen LogP contribution in [0.3, 0.4) is 0 Å². The van der Waals surface area contributed by atoms with Crippen LogP contribution in [-0.4, -0.2) is 6.36 Å². The van der Waals surface area contributed by atoms with Gasteiger partial charge in [-0.25, -0.2) is 0 Å². The quantitative estimate of drug-likeness (QED) is 0.663. The van der Waals surface area contributed by atoms with Gasteiger partial charge in [0.15, 0.2) is 5.75 Å². The smallest absolute Gasteiger partial charge is 0.404 e. The van der Waals surface area contributed by atoms with Gasteiger partial charge in [-0.15, -0.1) is 24.5 Å². The molecule has 20 heavy (non-hydrogen) atoms.